The van der Waals surface area contributed by atoms with Crippen LogP contribution in [0, 0.1) is 0 Å². The van der Waals surface area contributed by atoms with E-state index in [1.54, 1.807) is 21.3 Å². The number of aromatic nitrogens is 1. The Bertz CT molecular complexity index is 1490. The van der Waals surface area contributed by atoms with Crippen LogP contribution in [-0.4, -0.2) is 61.1 Å². The molecule has 9 nitrogen and oxygen atoms in total. The Kier molecular flexibility index (Phi) is 8.72. The van der Waals surface area contributed by atoms with Gasteiger partial charge in [-0.15, -0.1) is 0 Å². The summed E-state index contributed by atoms with van der Waals surface area (Å²) < 4.78 is 60.6. The summed E-state index contributed by atoms with van der Waals surface area (Å²) in [5, 5.41) is 0. The second-order valence-corrected chi connectivity index (χ2v) is 12.4. The summed E-state index contributed by atoms with van der Waals surface area (Å²) in [7, 11) is 0.527. The Morgan fingerprint density at radius 1 is 1.11 bits per heavy atom. The summed E-state index contributed by atoms with van der Waals surface area (Å²) in [5.74, 6) is 3.10. The first-order valence-corrected chi connectivity index (χ1v) is 15.6. The molecule has 38 heavy (non-hydrogen) atoms. The number of methoxy groups -OCH3 is 3. The number of benzene rings is 2. The fourth-order valence-corrected chi connectivity index (χ4v) is 7.32. The molecule has 1 aromatic heterocycles. The van der Waals surface area contributed by atoms with Crippen LogP contribution in [0.25, 0.3) is 15.9 Å². The van der Waals surface area contributed by atoms with Gasteiger partial charge in [0.1, 0.15) is 0 Å². The monoisotopic (exact) mass is 608 g/mol. The Labute approximate surface area is 229 Å². The number of nitrogens with zero attached hydrogens (tertiary/aromatic N) is 2. The van der Waals surface area contributed by atoms with Gasteiger partial charge >= 0.3 is 230 Å². The summed E-state index contributed by atoms with van der Waals surface area (Å²) in [6.45, 7) is 5.28. The predicted octanol–water partition coefficient (Wildman–Crippen LogP) is 3.70. The molecule has 0 amide bonds. The minimum absolute atomic E-state index is 0.0680. The molecule has 0 saturated carbocycles. The summed E-state index contributed by atoms with van der Waals surface area (Å²) in [6, 6.07) is 9.63. The molecule has 1 aliphatic rings. The number of aryl methyl sites for hydroxylation is 1. The summed E-state index contributed by atoms with van der Waals surface area (Å²) >= 11 is -0.0680. The number of rotatable bonds is 11. The van der Waals surface area contributed by atoms with Gasteiger partial charge in [0.05, 0.1) is 0 Å². The minimum atomic E-state index is -4.30. The molecular weight excluding hydrogens is 575 g/mol. The normalized spacial score (nSPS) is 14.6. The molecule has 1 aliphatic heterocycles. The number of hydrogen-bond acceptors (Lipinski definition) is 8. The zero-order chi connectivity index (χ0) is 27.4. The number of anilines is 1. The molecule has 0 bridgehead atoms. The molecule has 204 valence electrons. The van der Waals surface area contributed by atoms with Gasteiger partial charge in [-0.1, -0.05) is 0 Å². The standard InChI is InChI=1S/C27H32N2O7SSe/c1-6-18(13-26-28(7-2)20-15-19(33-3)9-10-22(20)36-26)14-27-29(11-8-12-37(30,31)32)21-16-23(34-4)24(35-5)17-25(21)38-27/h9-10,13-17H,6-8,11-12H2,1-5H3. The summed E-state index contributed by atoms with van der Waals surface area (Å²) in [5.41, 5.74) is 2.95. The van der Waals surface area contributed by atoms with Gasteiger partial charge in [-0.2, -0.15) is 0 Å². The predicted molar refractivity (Wildman–Crippen MR) is 146 cm³/mol. The third kappa shape index (κ3) is 6.02. The van der Waals surface area contributed by atoms with Crippen molar-refractivity contribution in [3.05, 3.63) is 52.4 Å². The molecule has 3 aromatic rings. The van der Waals surface area contributed by atoms with Crippen molar-refractivity contribution in [1.29, 1.82) is 0 Å². The van der Waals surface area contributed by atoms with Crippen molar-refractivity contribution in [3.8, 4) is 23.0 Å². The quantitative estimate of drug-likeness (QED) is 0.185. The van der Waals surface area contributed by atoms with Gasteiger partial charge in [0.15, 0.2) is 0 Å². The molecule has 0 atom stereocenters. The third-order valence-electron chi connectivity index (χ3n) is 6.29. The van der Waals surface area contributed by atoms with E-state index < -0.39 is 15.9 Å². The first-order valence-electron chi connectivity index (χ1n) is 12.3. The van der Waals surface area contributed by atoms with Crippen molar-refractivity contribution in [2.24, 2.45) is 0 Å². The molecule has 2 heterocycles. The molecule has 2 aromatic carbocycles. The van der Waals surface area contributed by atoms with Gasteiger partial charge in [-0.25, -0.2) is 0 Å². The van der Waals surface area contributed by atoms with Gasteiger partial charge in [0.25, 0.3) is 0 Å². The van der Waals surface area contributed by atoms with E-state index in [0.717, 1.165) is 56.0 Å². The number of ether oxygens (including phenoxy) is 4. The van der Waals surface area contributed by atoms with Crippen molar-refractivity contribution >= 4 is 46.2 Å². The summed E-state index contributed by atoms with van der Waals surface area (Å²) in [6.07, 6.45) is 5.16. The zero-order valence-electron chi connectivity index (χ0n) is 22.1. The van der Waals surface area contributed by atoms with Gasteiger partial charge < -0.3 is 0 Å². The molecular formula is C27H32N2O7SSe. The average Bonchev–Trinajstić information content (AvgIpc) is 3.42. The number of hydrogen-bond donors (Lipinski definition) is 0. The van der Waals surface area contributed by atoms with Crippen LogP contribution in [0.5, 0.6) is 23.0 Å². The molecule has 0 radical (unpaired) electrons. The average molecular weight is 608 g/mol. The molecule has 11 heteroatoms. The Hall–Kier alpha value is -2.98. The van der Waals surface area contributed by atoms with E-state index in [-0.39, 0.29) is 20.9 Å². The van der Waals surface area contributed by atoms with Crippen LogP contribution in [0.4, 0.5) is 5.69 Å². The SMILES string of the molecule is CCC(=C\c1[se]c2cc(OC)c(OC)cc2[n+]1CCCS(=O)(=O)[O-])/C=C1/Oc2ccc(OC)cc2N1CC. The van der Waals surface area contributed by atoms with Gasteiger partial charge in [-0.05, 0) is 0 Å². The molecule has 0 N–H and O–H groups in total. The van der Waals surface area contributed by atoms with Crippen LogP contribution in [0.15, 0.2) is 47.9 Å². The fourth-order valence-electron chi connectivity index (χ4n) is 4.37. The van der Waals surface area contributed by atoms with Gasteiger partial charge in [0.2, 0.25) is 0 Å². The first kappa shape index (κ1) is 28.0. The Morgan fingerprint density at radius 2 is 1.84 bits per heavy atom. The van der Waals surface area contributed by atoms with Crippen LogP contribution >= 0.6 is 0 Å². The van der Waals surface area contributed by atoms with E-state index in [2.05, 4.69) is 29.4 Å². The fraction of sp³-hybridized carbons (Fsp3) is 0.370. The third-order valence-corrected chi connectivity index (χ3v) is 9.38. The van der Waals surface area contributed by atoms with E-state index in [0.29, 0.717) is 18.0 Å². The molecule has 0 unspecified atom stereocenters. The maximum atomic E-state index is 11.3. The molecule has 0 spiro atoms. The summed E-state index contributed by atoms with van der Waals surface area (Å²) in [4.78, 5) is 2.10. The number of allylic oxidation sites excluding steroid dienone is 2. The van der Waals surface area contributed by atoms with E-state index in [1.165, 1.54) is 0 Å². The molecule has 0 fully saturated rings. The van der Waals surface area contributed by atoms with Crippen molar-refractivity contribution < 1.29 is 36.5 Å². The van der Waals surface area contributed by atoms with Crippen molar-refractivity contribution in [1.82, 2.24) is 0 Å². The zero-order valence-corrected chi connectivity index (χ0v) is 24.7. The van der Waals surface area contributed by atoms with Crippen molar-refractivity contribution in [2.45, 2.75) is 33.2 Å². The Morgan fingerprint density at radius 3 is 2.47 bits per heavy atom. The molecule has 4 rings (SSSR count). The van der Waals surface area contributed by atoms with Crippen LogP contribution in [0.1, 0.15) is 31.3 Å². The number of fused-ring (bicyclic) bond motifs is 2. The second kappa shape index (κ2) is 11.8. The Balaban J connectivity index is 1.77. The maximum absolute atomic E-state index is 11.3. The van der Waals surface area contributed by atoms with Crippen LogP contribution in [0.3, 0.4) is 0 Å². The van der Waals surface area contributed by atoms with Crippen LogP contribution in [-0.2, 0) is 16.7 Å². The van der Waals surface area contributed by atoms with Crippen molar-refractivity contribution in [2.75, 3.05) is 38.5 Å². The molecule has 0 aliphatic carbocycles. The first-order chi connectivity index (χ1) is 18.2. The van der Waals surface area contributed by atoms with E-state index in [1.807, 2.05) is 36.4 Å². The van der Waals surface area contributed by atoms with E-state index in [9.17, 15) is 13.0 Å². The second-order valence-electron chi connectivity index (χ2n) is 8.62. The van der Waals surface area contributed by atoms with Gasteiger partial charge in [-0.3, -0.25) is 0 Å². The van der Waals surface area contributed by atoms with Crippen LogP contribution < -0.4 is 28.4 Å². The molecule has 0 saturated heterocycles. The van der Waals surface area contributed by atoms with Crippen LogP contribution in [0.2, 0.25) is 0 Å². The van der Waals surface area contributed by atoms with E-state index in [4.69, 9.17) is 18.9 Å². The van der Waals surface area contributed by atoms with E-state index >= 15 is 0 Å². The van der Waals surface area contributed by atoms with Gasteiger partial charge in [0, 0.05) is 0 Å². The van der Waals surface area contributed by atoms with Crippen molar-refractivity contribution in [3.63, 3.8) is 0 Å². The topological polar surface area (TPSA) is 101 Å².